The van der Waals surface area contributed by atoms with Gasteiger partial charge in [-0.2, -0.15) is 11.8 Å². The lowest BCUT2D eigenvalue weighted by molar-refractivity contribution is 0.472. The van der Waals surface area contributed by atoms with Crippen LogP contribution in [0.2, 0.25) is 0 Å². The summed E-state index contributed by atoms with van der Waals surface area (Å²) in [6.45, 7) is 6.32. The highest BCUT2D eigenvalue weighted by Crippen LogP contribution is 2.34. The van der Waals surface area contributed by atoms with Crippen LogP contribution in [0.4, 0.5) is 0 Å². The second kappa shape index (κ2) is 7.19. The molecule has 2 rings (SSSR count). The highest BCUT2D eigenvalue weighted by Gasteiger charge is 2.08. The molecule has 1 nitrogen and oxygen atoms in total. The van der Waals surface area contributed by atoms with Crippen molar-refractivity contribution in [3.05, 3.63) is 57.6 Å². The van der Waals surface area contributed by atoms with E-state index in [-0.39, 0.29) is 0 Å². The molecule has 20 heavy (non-hydrogen) atoms. The first-order chi connectivity index (χ1) is 9.61. The molecule has 0 aliphatic heterocycles. The van der Waals surface area contributed by atoms with Crippen molar-refractivity contribution in [2.75, 3.05) is 5.75 Å². The predicted molar refractivity (Wildman–Crippen MR) is 92.0 cm³/mol. The van der Waals surface area contributed by atoms with Gasteiger partial charge in [0.2, 0.25) is 0 Å². The SMILES string of the molecule is CCSCc1ccc(Oc2c(C)cccc2C)c(Br)c1. The molecule has 0 aliphatic rings. The summed E-state index contributed by atoms with van der Waals surface area (Å²) in [5.41, 5.74) is 3.63. The Labute approximate surface area is 133 Å². The van der Waals surface area contributed by atoms with E-state index in [0.29, 0.717) is 0 Å². The smallest absolute Gasteiger partial charge is 0.141 e. The first kappa shape index (κ1) is 15.5. The van der Waals surface area contributed by atoms with E-state index >= 15 is 0 Å². The lowest BCUT2D eigenvalue weighted by atomic mass is 10.1. The van der Waals surface area contributed by atoms with Gasteiger partial charge in [0.25, 0.3) is 0 Å². The normalized spacial score (nSPS) is 10.6. The number of para-hydroxylation sites is 1. The molecule has 0 radical (unpaired) electrons. The Morgan fingerprint density at radius 3 is 2.40 bits per heavy atom. The van der Waals surface area contributed by atoms with Gasteiger partial charge in [0.15, 0.2) is 0 Å². The molecule has 0 unspecified atom stereocenters. The van der Waals surface area contributed by atoms with Crippen LogP contribution in [-0.4, -0.2) is 5.75 Å². The van der Waals surface area contributed by atoms with Crippen LogP contribution in [0, 0.1) is 13.8 Å². The maximum absolute atomic E-state index is 6.08. The van der Waals surface area contributed by atoms with E-state index in [4.69, 9.17) is 4.74 Å². The van der Waals surface area contributed by atoms with E-state index in [1.807, 2.05) is 17.8 Å². The molecule has 0 spiro atoms. The van der Waals surface area contributed by atoms with Crippen molar-refractivity contribution in [2.45, 2.75) is 26.5 Å². The standard InChI is InChI=1S/C17H19BrOS/c1-4-20-11-14-8-9-16(15(18)10-14)19-17-12(2)6-5-7-13(17)3/h5-10H,4,11H2,1-3H3. The number of hydrogen-bond acceptors (Lipinski definition) is 2. The van der Waals surface area contributed by atoms with Crippen molar-refractivity contribution in [2.24, 2.45) is 0 Å². The average molecular weight is 351 g/mol. The summed E-state index contributed by atoms with van der Waals surface area (Å²) in [5, 5.41) is 0. The van der Waals surface area contributed by atoms with E-state index in [0.717, 1.165) is 38.6 Å². The van der Waals surface area contributed by atoms with Gasteiger partial charge in [-0.05, 0) is 64.4 Å². The fraction of sp³-hybridized carbons (Fsp3) is 0.294. The van der Waals surface area contributed by atoms with Crippen LogP contribution in [0.15, 0.2) is 40.9 Å². The van der Waals surface area contributed by atoms with Gasteiger partial charge < -0.3 is 4.74 Å². The topological polar surface area (TPSA) is 9.23 Å². The van der Waals surface area contributed by atoms with E-state index in [1.165, 1.54) is 5.56 Å². The third-order valence-electron chi connectivity index (χ3n) is 3.09. The van der Waals surface area contributed by atoms with Gasteiger partial charge in [-0.25, -0.2) is 0 Å². The van der Waals surface area contributed by atoms with Gasteiger partial charge >= 0.3 is 0 Å². The quantitative estimate of drug-likeness (QED) is 0.643. The average Bonchev–Trinajstić information content (AvgIpc) is 2.42. The Kier molecular flexibility index (Phi) is 5.55. The zero-order valence-electron chi connectivity index (χ0n) is 12.1. The minimum atomic E-state index is 0.868. The summed E-state index contributed by atoms with van der Waals surface area (Å²) >= 11 is 5.53. The molecule has 0 heterocycles. The number of ether oxygens (including phenoxy) is 1. The molecule has 0 bridgehead atoms. The van der Waals surface area contributed by atoms with Gasteiger partial charge in [0, 0.05) is 5.75 Å². The number of thioether (sulfide) groups is 1. The van der Waals surface area contributed by atoms with Crippen LogP contribution in [0.25, 0.3) is 0 Å². The fourth-order valence-electron chi connectivity index (χ4n) is 2.01. The molecule has 2 aromatic rings. The number of rotatable bonds is 5. The largest absolute Gasteiger partial charge is 0.456 e. The zero-order chi connectivity index (χ0) is 14.5. The van der Waals surface area contributed by atoms with Crippen LogP contribution in [0.5, 0.6) is 11.5 Å². The minimum Gasteiger partial charge on any atom is -0.456 e. The van der Waals surface area contributed by atoms with Crippen LogP contribution >= 0.6 is 27.7 Å². The molecule has 0 saturated heterocycles. The molecule has 0 atom stereocenters. The molecule has 0 amide bonds. The van der Waals surface area contributed by atoms with Crippen LogP contribution in [0.1, 0.15) is 23.6 Å². The summed E-state index contributed by atoms with van der Waals surface area (Å²) in [6.07, 6.45) is 0. The maximum Gasteiger partial charge on any atom is 0.141 e. The Morgan fingerprint density at radius 1 is 1.10 bits per heavy atom. The van der Waals surface area contributed by atoms with Crippen LogP contribution < -0.4 is 4.74 Å². The lowest BCUT2D eigenvalue weighted by Gasteiger charge is -2.13. The van der Waals surface area contributed by atoms with Crippen molar-refractivity contribution >= 4 is 27.7 Å². The molecule has 0 aromatic heterocycles. The van der Waals surface area contributed by atoms with Crippen LogP contribution in [0.3, 0.4) is 0 Å². The number of hydrogen-bond donors (Lipinski definition) is 0. The lowest BCUT2D eigenvalue weighted by Crippen LogP contribution is -1.92. The Morgan fingerprint density at radius 2 is 1.80 bits per heavy atom. The molecule has 0 fully saturated rings. The van der Waals surface area contributed by atoms with Crippen molar-refractivity contribution < 1.29 is 4.74 Å². The first-order valence-corrected chi connectivity index (χ1v) is 8.66. The van der Waals surface area contributed by atoms with E-state index in [2.05, 4.69) is 67.0 Å². The molecule has 0 N–H and O–H groups in total. The fourth-order valence-corrected chi connectivity index (χ4v) is 3.13. The monoisotopic (exact) mass is 350 g/mol. The second-order valence-electron chi connectivity index (χ2n) is 4.72. The molecular formula is C17H19BrOS. The van der Waals surface area contributed by atoms with Crippen molar-refractivity contribution in [3.63, 3.8) is 0 Å². The third kappa shape index (κ3) is 3.80. The Balaban J connectivity index is 2.22. The second-order valence-corrected chi connectivity index (χ2v) is 6.85. The summed E-state index contributed by atoms with van der Waals surface area (Å²) < 4.78 is 7.09. The predicted octanol–water partition coefficient (Wildman–Crippen LogP) is 6.11. The Hall–Kier alpha value is -0.930. The van der Waals surface area contributed by atoms with Crippen LogP contribution in [-0.2, 0) is 5.75 Å². The summed E-state index contributed by atoms with van der Waals surface area (Å²) in [5.74, 6) is 3.99. The van der Waals surface area contributed by atoms with Gasteiger partial charge in [-0.1, -0.05) is 31.2 Å². The van der Waals surface area contributed by atoms with Gasteiger partial charge in [-0.15, -0.1) is 0 Å². The van der Waals surface area contributed by atoms with Crippen molar-refractivity contribution in [1.29, 1.82) is 0 Å². The molecule has 106 valence electrons. The summed E-state index contributed by atoms with van der Waals surface area (Å²) in [6, 6.07) is 12.5. The highest BCUT2D eigenvalue weighted by atomic mass is 79.9. The number of halogens is 1. The Bertz CT molecular complexity index is 575. The van der Waals surface area contributed by atoms with E-state index in [1.54, 1.807) is 0 Å². The van der Waals surface area contributed by atoms with Gasteiger partial charge in [-0.3, -0.25) is 0 Å². The van der Waals surface area contributed by atoms with E-state index < -0.39 is 0 Å². The van der Waals surface area contributed by atoms with Crippen molar-refractivity contribution in [1.82, 2.24) is 0 Å². The first-order valence-electron chi connectivity index (χ1n) is 6.72. The van der Waals surface area contributed by atoms with E-state index in [9.17, 15) is 0 Å². The third-order valence-corrected chi connectivity index (χ3v) is 4.66. The minimum absolute atomic E-state index is 0.868. The van der Waals surface area contributed by atoms with Crippen molar-refractivity contribution in [3.8, 4) is 11.5 Å². The molecule has 0 saturated carbocycles. The molecule has 2 aromatic carbocycles. The molecular weight excluding hydrogens is 332 g/mol. The number of benzene rings is 2. The molecule has 3 heteroatoms. The highest BCUT2D eigenvalue weighted by molar-refractivity contribution is 9.10. The van der Waals surface area contributed by atoms with Gasteiger partial charge in [0.05, 0.1) is 4.47 Å². The summed E-state index contributed by atoms with van der Waals surface area (Å²) in [7, 11) is 0. The summed E-state index contributed by atoms with van der Waals surface area (Å²) in [4.78, 5) is 0. The maximum atomic E-state index is 6.08. The molecule has 0 aliphatic carbocycles. The zero-order valence-corrected chi connectivity index (χ0v) is 14.5. The van der Waals surface area contributed by atoms with Gasteiger partial charge in [0.1, 0.15) is 11.5 Å². The number of aryl methyl sites for hydroxylation is 2.